The first kappa shape index (κ1) is 13.2. The van der Waals surface area contributed by atoms with Crippen LogP contribution in [-0.4, -0.2) is 33.2 Å². The number of nitrogens with zero attached hydrogens (tertiary/aromatic N) is 3. The van der Waals surface area contributed by atoms with Crippen molar-refractivity contribution in [1.82, 2.24) is 15.0 Å². The lowest BCUT2D eigenvalue weighted by atomic mass is 10.1. The maximum absolute atomic E-state index is 11.4. The topological polar surface area (TPSA) is 79.5 Å². The molecule has 1 heterocycles. The maximum Gasteiger partial charge on any atom is 0.325 e. The van der Waals surface area contributed by atoms with Crippen molar-refractivity contribution < 1.29 is 14.4 Å². The number of hydrogen-bond acceptors (Lipinski definition) is 5. The lowest BCUT2D eigenvalue weighted by Gasteiger charge is -2.23. The van der Waals surface area contributed by atoms with Gasteiger partial charge in [0.1, 0.15) is 6.04 Å². The fourth-order valence-electron chi connectivity index (χ4n) is 1.93. The Kier molecular flexibility index (Phi) is 3.91. The number of rotatable bonds is 5. The minimum atomic E-state index is -0.912. The van der Waals surface area contributed by atoms with Crippen LogP contribution in [-0.2, 0) is 11.3 Å². The highest BCUT2D eigenvalue weighted by Crippen LogP contribution is 2.21. The van der Waals surface area contributed by atoms with E-state index in [4.69, 9.17) is 4.52 Å². The van der Waals surface area contributed by atoms with Crippen molar-refractivity contribution in [2.75, 3.05) is 7.05 Å². The Balaban J connectivity index is 2.18. The molecule has 0 radical (unpaired) electrons. The van der Waals surface area contributed by atoms with Gasteiger partial charge in [-0.1, -0.05) is 35.5 Å². The van der Waals surface area contributed by atoms with Gasteiger partial charge in [0.2, 0.25) is 5.89 Å². The summed E-state index contributed by atoms with van der Waals surface area (Å²) >= 11 is 0. The molecule has 0 aliphatic rings. The molecular weight excluding hydrogens is 246 g/mol. The van der Waals surface area contributed by atoms with Gasteiger partial charge in [-0.15, -0.1) is 0 Å². The standard InChI is InChI=1S/C13H15N3O3/c1-9-14-11(19-15-9)8-16(2)12(13(17)18)10-6-4-3-5-7-10/h3-7,12H,8H2,1-2H3,(H,17,18). The summed E-state index contributed by atoms with van der Waals surface area (Å²) in [5.41, 5.74) is 0.716. The zero-order valence-corrected chi connectivity index (χ0v) is 10.8. The Morgan fingerprint density at radius 3 is 2.63 bits per heavy atom. The summed E-state index contributed by atoms with van der Waals surface area (Å²) in [7, 11) is 1.71. The van der Waals surface area contributed by atoms with E-state index in [1.807, 2.05) is 18.2 Å². The van der Waals surface area contributed by atoms with Crippen LogP contribution >= 0.6 is 0 Å². The predicted octanol–water partition coefficient (Wildman–Crippen LogP) is 1.64. The summed E-state index contributed by atoms with van der Waals surface area (Å²) in [6, 6.07) is 8.31. The molecule has 0 saturated carbocycles. The monoisotopic (exact) mass is 261 g/mol. The molecule has 0 spiro atoms. The van der Waals surface area contributed by atoms with Crippen LogP contribution in [0, 0.1) is 6.92 Å². The molecule has 0 saturated heterocycles. The first-order valence-corrected chi connectivity index (χ1v) is 5.85. The van der Waals surface area contributed by atoms with Gasteiger partial charge >= 0.3 is 5.97 Å². The molecule has 0 amide bonds. The second-order valence-electron chi connectivity index (χ2n) is 4.30. The maximum atomic E-state index is 11.4. The molecule has 1 atom stereocenters. The fourth-order valence-corrected chi connectivity index (χ4v) is 1.93. The highest BCUT2D eigenvalue weighted by atomic mass is 16.5. The molecular formula is C13H15N3O3. The Bertz CT molecular complexity index is 553. The summed E-state index contributed by atoms with van der Waals surface area (Å²) in [6.45, 7) is 2.01. The van der Waals surface area contributed by atoms with E-state index >= 15 is 0 Å². The summed E-state index contributed by atoms with van der Waals surface area (Å²) in [5, 5.41) is 13.1. The fraction of sp³-hybridized carbons (Fsp3) is 0.308. The number of carbonyl (C=O) groups is 1. The van der Waals surface area contributed by atoms with Gasteiger partial charge in [-0.25, -0.2) is 0 Å². The minimum absolute atomic E-state index is 0.284. The van der Waals surface area contributed by atoms with Crippen molar-refractivity contribution in [1.29, 1.82) is 0 Å². The van der Waals surface area contributed by atoms with Gasteiger partial charge in [-0.3, -0.25) is 9.69 Å². The van der Waals surface area contributed by atoms with E-state index in [2.05, 4.69) is 10.1 Å². The number of carboxylic acid groups (broad SMARTS) is 1. The molecule has 100 valence electrons. The Morgan fingerprint density at radius 2 is 2.11 bits per heavy atom. The van der Waals surface area contributed by atoms with Crippen LogP contribution in [0.25, 0.3) is 0 Å². The summed E-state index contributed by atoms with van der Waals surface area (Å²) in [6.07, 6.45) is 0. The van der Waals surface area contributed by atoms with Crippen molar-refractivity contribution in [3.8, 4) is 0 Å². The largest absolute Gasteiger partial charge is 0.480 e. The highest BCUT2D eigenvalue weighted by molar-refractivity contribution is 5.75. The van der Waals surface area contributed by atoms with Crippen LogP contribution in [0.3, 0.4) is 0 Å². The molecule has 0 bridgehead atoms. The van der Waals surface area contributed by atoms with Crippen LogP contribution in [0.2, 0.25) is 0 Å². The van der Waals surface area contributed by atoms with Crippen molar-refractivity contribution in [3.05, 3.63) is 47.6 Å². The Morgan fingerprint density at radius 1 is 1.42 bits per heavy atom. The zero-order valence-electron chi connectivity index (χ0n) is 10.8. The molecule has 6 nitrogen and oxygen atoms in total. The van der Waals surface area contributed by atoms with Gasteiger partial charge in [-0.05, 0) is 19.5 Å². The summed E-state index contributed by atoms with van der Waals surface area (Å²) < 4.78 is 5.01. The van der Waals surface area contributed by atoms with Gasteiger partial charge in [0.05, 0.1) is 6.54 Å². The molecule has 1 unspecified atom stereocenters. The molecule has 1 aromatic carbocycles. The van der Waals surface area contributed by atoms with Crippen molar-refractivity contribution in [3.63, 3.8) is 0 Å². The van der Waals surface area contributed by atoms with Gasteiger partial charge in [0.15, 0.2) is 5.82 Å². The third-order valence-corrected chi connectivity index (χ3v) is 2.74. The molecule has 19 heavy (non-hydrogen) atoms. The van der Waals surface area contributed by atoms with E-state index in [-0.39, 0.29) is 6.54 Å². The average molecular weight is 261 g/mol. The SMILES string of the molecule is Cc1noc(CN(C)C(C(=O)O)c2ccccc2)n1. The molecule has 0 aliphatic heterocycles. The van der Waals surface area contributed by atoms with E-state index in [1.165, 1.54) is 0 Å². The lowest BCUT2D eigenvalue weighted by Crippen LogP contribution is -2.30. The third-order valence-electron chi connectivity index (χ3n) is 2.74. The molecule has 0 fully saturated rings. The number of carboxylic acids is 1. The quantitative estimate of drug-likeness (QED) is 0.881. The number of aryl methyl sites for hydroxylation is 1. The third kappa shape index (κ3) is 3.17. The van der Waals surface area contributed by atoms with E-state index in [9.17, 15) is 9.90 Å². The Hall–Kier alpha value is -2.21. The van der Waals surface area contributed by atoms with Crippen molar-refractivity contribution >= 4 is 5.97 Å². The first-order valence-electron chi connectivity index (χ1n) is 5.85. The van der Waals surface area contributed by atoms with Crippen LogP contribution in [0.5, 0.6) is 0 Å². The first-order chi connectivity index (χ1) is 9.08. The van der Waals surface area contributed by atoms with Crippen LogP contribution in [0.1, 0.15) is 23.3 Å². The zero-order chi connectivity index (χ0) is 13.8. The van der Waals surface area contributed by atoms with Crippen molar-refractivity contribution in [2.24, 2.45) is 0 Å². The second kappa shape index (κ2) is 5.62. The van der Waals surface area contributed by atoms with Gasteiger partial charge in [0, 0.05) is 0 Å². The van der Waals surface area contributed by atoms with E-state index in [0.29, 0.717) is 17.3 Å². The normalized spacial score (nSPS) is 12.6. The van der Waals surface area contributed by atoms with Gasteiger partial charge < -0.3 is 9.63 Å². The van der Waals surface area contributed by atoms with Gasteiger partial charge in [0.25, 0.3) is 0 Å². The smallest absolute Gasteiger partial charge is 0.325 e. The molecule has 6 heteroatoms. The summed E-state index contributed by atoms with van der Waals surface area (Å²) in [4.78, 5) is 17.2. The predicted molar refractivity (Wildman–Crippen MR) is 67.3 cm³/mol. The highest BCUT2D eigenvalue weighted by Gasteiger charge is 2.25. The van der Waals surface area contributed by atoms with Crippen LogP contribution in [0.4, 0.5) is 0 Å². The molecule has 2 aromatic rings. The number of benzene rings is 1. The Labute approximate surface area is 110 Å². The lowest BCUT2D eigenvalue weighted by molar-refractivity contribution is -0.143. The summed E-state index contributed by atoms with van der Waals surface area (Å²) in [5.74, 6) is 0.0297. The number of likely N-dealkylation sites (N-methyl/N-ethyl adjacent to an activating group) is 1. The van der Waals surface area contributed by atoms with E-state index in [1.54, 1.807) is 31.0 Å². The molecule has 0 aliphatic carbocycles. The van der Waals surface area contributed by atoms with Crippen LogP contribution in [0.15, 0.2) is 34.9 Å². The minimum Gasteiger partial charge on any atom is -0.480 e. The number of aromatic nitrogens is 2. The van der Waals surface area contributed by atoms with Crippen LogP contribution < -0.4 is 0 Å². The molecule has 1 N–H and O–H groups in total. The van der Waals surface area contributed by atoms with E-state index in [0.717, 1.165) is 0 Å². The van der Waals surface area contributed by atoms with Crippen molar-refractivity contribution in [2.45, 2.75) is 19.5 Å². The average Bonchev–Trinajstić information content (AvgIpc) is 2.75. The van der Waals surface area contributed by atoms with E-state index < -0.39 is 12.0 Å². The number of hydrogen-bond donors (Lipinski definition) is 1. The second-order valence-corrected chi connectivity index (χ2v) is 4.30. The van der Waals surface area contributed by atoms with Gasteiger partial charge in [-0.2, -0.15) is 4.98 Å². The molecule has 2 rings (SSSR count). The molecule has 1 aromatic heterocycles. The number of aliphatic carboxylic acids is 1.